The molecule has 0 amide bonds. The van der Waals surface area contributed by atoms with Crippen LogP contribution in [0.3, 0.4) is 0 Å². The lowest BCUT2D eigenvalue weighted by atomic mass is 9.82. The van der Waals surface area contributed by atoms with Gasteiger partial charge in [0.2, 0.25) is 10.0 Å². The van der Waals surface area contributed by atoms with Crippen LogP contribution in [0.2, 0.25) is 0 Å². The van der Waals surface area contributed by atoms with Gasteiger partial charge in [-0.05, 0) is 49.2 Å². The lowest BCUT2D eigenvalue weighted by Crippen LogP contribution is -2.47. The molecule has 1 saturated heterocycles. The molecule has 0 N–H and O–H groups in total. The van der Waals surface area contributed by atoms with Gasteiger partial charge in [0, 0.05) is 36.5 Å². The van der Waals surface area contributed by atoms with E-state index in [4.69, 9.17) is 4.52 Å². The van der Waals surface area contributed by atoms with Crippen LogP contribution >= 0.6 is 0 Å². The SMILES string of the molecule is CC1(c2noc(-c3ccncc3)n2)CCCN(S(=O)(=O)c2ccc(F)cc2)C1. The lowest BCUT2D eigenvalue weighted by Gasteiger charge is -2.37. The number of piperidine rings is 1. The number of rotatable bonds is 4. The van der Waals surface area contributed by atoms with Crippen LogP contribution in [-0.4, -0.2) is 40.9 Å². The molecule has 0 saturated carbocycles. The molecule has 1 aromatic carbocycles. The van der Waals surface area contributed by atoms with Gasteiger partial charge in [-0.2, -0.15) is 9.29 Å². The number of sulfonamides is 1. The summed E-state index contributed by atoms with van der Waals surface area (Å²) < 4.78 is 45.9. The standard InChI is InChI=1S/C19H19FN4O3S/c1-19(18-22-17(27-23-18)14-7-10-21-11-8-14)9-2-12-24(13-19)28(25,26)16-5-3-15(20)4-6-16/h3-8,10-11H,2,9,12-13H2,1H3. The zero-order valence-corrected chi connectivity index (χ0v) is 16.1. The second-order valence-corrected chi connectivity index (χ2v) is 9.05. The van der Waals surface area contributed by atoms with Gasteiger partial charge in [0.15, 0.2) is 5.82 Å². The van der Waals surface area contributed by atoms with Gasteiger partial charge in [-0.25, -0.2) is 12.8 Å². The van der Waals surface area contributed by atoms with E-state index in [1.807, 2.05) is 6.92 Å². The number of hydrogen-bond donors (Lipinski definition) is 0. The normalized spacial score (nSPS) is 20.9. The van der Waals surface area contributed by atoms with Gasteiger partial charge in [0.1, 0.15) is 5.82 Å². The summed E-state index contributed by atoms with van der Waals surface area (Å²) in [5.74, 6) is 0.369. The highest BCUT2D eigenvalue weighted by molar-refractivity contribution is 7.89. The van der Waals surface area contributed by atoms with Crippen molar-refractivity contribution in [3.05, 3.63) is 60.4 Å². The van der Waals surface area contributed by atoms with Crippen LogP contribution in [0, 0.1) is 5.82 Å². The Hall–Kier alpha value is -2.65. The van der Waals surface area contributed by atoms with Crippen LogP contribution in [-0.2, 0) is 15.4 Å². The van der Waals surface area contributed by atoms with E-state index in [0.717, 1.165) is 24.1 Å². The topological polar surface area (TPSA) is 89.2 Å². The maximum absolute atomic E-state index is 13.2. The Labute approximate surface area is 162 Å². The van der Waals surface area contributed by atoms with Gasteiger partial charge in [-0.15, -0.1) is 0 Å². The average molecular weight is 402 g/mol. The Bertz CT molecular complexity index is 1070. The summed E-state index contributed by atoms with van der Waals surface area (Å²) in [7, 11) is -3.73. The van der Waals surface area contributed by atoms with E-state index >= 15 is 0 Å². The third-order valence-corrected chi connectivity index (χ3v) is 6.87. The maximum atomic E-state index is 13.2. The Morgan fingerprint density at radius 1 is 1.14 bits per heavy atom. The molecule has 1 atom stereocenters. The Morgan fingerprint density at radius 2 is 1.86 bits per heavy atom. The summed E-state index contributed by atoms with van der Waals surface area (Å²) in [5.41, 5.74) is 0.170. The lowest BCUT2D eigenvalue weighted by molar-refractivity contribution is 0.226. The molecule has 7 nitrogen and oxygen atoms in total. The molecule has 146 valence electrons. The van der Waals surface area contributed by atoms with E-state index in [-0.39, 0.29) is 11.4 Å². The minimum Gasteiger partial charge on any atom is -0.334 e. The molecule has 0 aliphatic carbocycles. The molecular weight excluding hydrogens is 383 g/mol. The highest BCUT2D eigenvalue weighted by atomic mass is 32.2. The second-order valence-electron chi connectivity index (χ2n) is 7.12. The molecule has 1 fully saturated rings. The fraction of sp³-hybridized carbons (Fsp3) is 0.316. The molecule has 0 bridgehead atoms. The predicted molar refractivity (Wildman–Crippen MR) is 99.3 cm³/mol. The van der Waals surface area contributed by atoms with Crippen molar-refractivity contribution in [2.75, 3.05) is 13.1 Å². The van der Waals surface area contributed by atoms with Gasteiger partial charge >= 0.3 is 0 Å². The summed E-state index contributed by atoms with van der Waals surface area (Å²) in [5, 5.41) is 4.11. The molecule has 1 aliphatic heterocycles. The quantitative estimate of drug-likeness (QED) is 0.666. The Balaban J connectivity index is 1.61. The molecular formula is C19H19FN4O3S. The molecule has 0 spiro atoms. The third-order valence-electron chi connectivity index (χ3n) is 5.01. The fourth-order valence-corrected chi connectivity index (χ4v) is 5.02. The second kappa shape index (κ2) is 7.06. The highest BCUT2D eigenvalue weighted by Gasteiger charge is 2.41. The van der Waals surface area contributed by atoms with Crippen molar-refractivity contribution in [3.8, 4) is 11.5 Å². The van der Waals surface area contributed by atoms with Crippen LogP contribution in [0.1, 0.15) is 25.6 Å². The summed E-state index contributed by atoms with van der Waals surface area (Å²) in [4.78, 5) is 8.54. The maximum Gasteiger partial charge on any atom is 0.258 e. The first-order valence-corrected chi connectivity index (χ1v) is 10.3. The zero-order chi connectivity index (χ0) is 19.8. The summed E-state index contributed by atoms with van der Waals surface area (Å²) in [6.45, 7) is 2.55. The number of benzene rings is 1. The van der Waals surface area contributed by atoms with E-state index < -0.39 is 21.3 Å². The van der Waals surface area contributed by atoms with Crippen molar-refractivity contribution >= 4 is 10.0 Å². The zero-order valence-electron chi connectivity index (χ0n) is 15.2. The van der Waals surface area contributed by atoms with E-state index in [1.54, 1.807) is 24.5 Å². The average Bonchev–Trinajstić information content (AvgIpc) is 3.20. The molecule has 0 radical (unpaired) electrons. The van der Waals surface area contributed by atoms with Crippen molar-refractivity contribution in [2.45, 2.75) is 30.1 Å². The number of halogens is 1. The number of nitrogens with zero attached hydrogens (tertiary/aromatic N) is 4. The smallest absolute Gasteiger partial charge is 0.258 e. The molecule has 2 aromatic heterocycles. The molecule has 1 aliphatic rings. The van der Waals surface area contributed by atoms with Gasteiger partial charge in [-0.1, -0.05) is 12.1 Å². The highest BCUT2D eigenvalue weighted by Crippen LogP contribution is 2.35. The predicted octanol–water partition coefficient (Wildman–Crippen LogP) is 3.01. The first-order valence-electron chi connectivity index (χ1n) is 8.89. The molecule has 4 rings (SSSR count). The number of aromatic nitrogens is 3. The Morgan fingerprint density at radius 3 is 2.57 bits per heavy atom. The van der Waals surface area contributed by atoms with Crippen LogP contribution in [0.15, 0.2) is 58.2 Å². The fourth-order valence-electron chi connectivity index (χ4n) is 3.42. The minimum atomic E-state index is -3.73. The van der Waals surface area contributed by atoms with Crippen LogP contribution in [0.4, 0.5) is 4.39 Å². The summed E-state index contributed by atoms with van der Waals surface area (Å²) >= 11 is 0. The van der Waals surface area contributed by atoms with Crippen molar-refractivity contribution in [1.82, 2.24) is 19.4 Å². The summed E-state index contributed by atoms with van der Waals surface area (Å²) in [6, 6.07) is 8.41. The van der Waals surface area contributed by atoms with Crippen molar-refractivity contribution in [3.63, 3.8) is 0 Å². The molecule has 1 unspecified atom stereocenters. The van der Waals surface area contributed by atoms with E-state index in [0.29, 0.717) is 24.7 Å². The first kappa shape index (κ1) is 18.7. The van der Waals surface area contributed by atoms with Crippen molar-refractivity contribution < 1.29 is 17.3 Å². The van der Waals surface area contributed by atoms with Crippen LogP contribution in [0.25, 0.3) is 11.5 Å². The van der Waals surface area contributed by atoms with Crippen molar-refractivity contribution in [1.29, 1.82) is 0 Å². The van der Waals surface area contributed by atoms with Crippen molar-refractivity contribution in [2.24, 2.45) is 0 Å². The third kappa shape index (κ3) is 3.43. The monoisotopic (exact) mass is 402 g/mol. The van der Waals surface area contributed by atoms with Crippen LogP contribution in [0.5, 0.6) is 0 Å². The van der Waals surface area contributed by atoms with E-state index in [9.17, 15) is 12.8 Å². The molecule has 3 aromatic rings. The minimum absolute atomic E-state index is 0.0729. The Kier molecular flexibility index (Phi) is 4.72. The summed E-state index contributed by atoms with van der Waals surface area (Å²) in [6.07, 6.45) is 4.67. The van der Waals surface area contributed by atoms with Gasteiger partial charge in [0.05, 0.1) is 4.90 Å². The largest absolute Gasteiger partial charge is 0.334 e. The molecule has 28 heavy (non-hydrogen) atoms. The van der Waals surface area contributed by atoms with Gasteiger partial charge < -0.3 is 4.52 Å². The number of pyridine rings is 1. The molecule has 3 heterocycles. The first-order chi connectivity index (χ1) is 13.4. The van der Waals surface area contributed by atoms with Crippen LogP contribution < -0.4 is 0 Å². The van der Waals surface area contributed by atoms with Gasteiger partial charge in [-0.3, -0.25) is 4.98 Å². The van der Waals surface area contributed by atoms with Gasteiger partial charge in [0.25, 0.3) is 5.89 Å². The number of hydrogen-bond acceptors (Lipinski definition) is 6. The van der Waals surface area contributed by atoms with E-state index in [1.165, 1.54) is 16.4 Å². The van der Waals surface area contributed by atoms with E-state index in [2.05, 4.69) is 15.1 Å². The molecule has 9 heteroatoms.